The van der Waals surface area contributed by atoms with Crippen molar-refractivity contribution in [2.75, 3.05) is 23.7 Å². The van der Waals surface area contributed by atoms with Gasteiger partial charge in [-0.2, -0.15) is 15.0 Å². The number of nitrogens with zero attached hydrogens (tertiary/aromatic N) is 6. The van der Waals surface area contributed by atoms with Gasteiger partial charge in [0, 0.05) is 19.3 Å². The van der Waals surface area contributed by atoms with E-state index in [9.17, 15) is 0 Å². The van der Waals surface area contributed by atoms with Crippen molar-refractivity contribution >= 4 is 23.7 Å². The molecule has 7 nitrogen and oxygen atoms in total. The Morgan fingerprint density at radius 2 is 2.00 bits per heavy atom. The summed E-state index contributed by atoms with van der Waals surface area (Å²) in [5, 5.41) is 1.30. The molecule has 0 atom stereocenters. The molecule has 0 aliphatic heterocycles. The molecule has 0 bridgehead atoms. The molecule has 0 amide bonds. The minimum Gasteiger partial charge on any atom is -0.368 e. The van der Waals surface area contributed by atoms with Gasteiger partial charge in [-0.15, -0.1) is 0 Å². The van der Waals surface area contributed by atoms with E-state index in [1.54, 1.807) is 12.3 Å². The van der Waals surface area contributed by atoms with E-state index in [-0.39, 0.29) is 5.95 Å². The van der Waals surface area contributed by atoms with Crippen LogP contribution >= 0.6 is 11.8 Å². The van der Waals surface area contributed by atoms with E-state index < -0.39 is 0 Å². The van der Waals surface area contributed by atoms with E-state index in [1.807, 2.05) is 18.7 Å². The topological polar surface area (TPSA) is 93.7 Å². The molecule has 0 spiro atoms. The Hall–Kier alpha value is -1.96. The molecule has 19 heavy (non-hydrogen) atoms. The molecule has 0 fully saturated rings. The number of rotatable bonds is 5. The Morgan fingerprint density at radius 1 is 1.21 bits per heavy atom. The van der Waals surface area contributed by atoms with E-state index in [2.05, 4.69) is 24.9 Å². The lowest BCUT2D eigenvalue weighted by atomic mass is 10.5. The van der Waals surface area contributed by atoms with Crippen LogP contribution in [0.3, 0.4) is 0 Å². The van der Waals surface area contributed by atoms with Gasteiger partial charge in [0.25, 0.3) is 0 Å². The average Bonchev–Trinajstić information content (AvgIpc) is 2.40. The van der Waals surface area contributed by atoms with Gasteiger partial charge in [-0.1, -0.05) is 0 Å². The van der Waals surface area contributed by atoms with Crippen LogP contribution in [0.4, 0.5) is 11.9 Å². The highest BCUT2D eigenvalue weighted by molar-refractivity contribution is 7.99. The van der Waals surface area contributed by atoms with Crippen molar-refractivity contribution in [2.45, 2.75) is 24.0 Å². The number of nitrogen functional groups attached to an aromatic ring is 1. The van der Waals surface area contributed by atoms with Crippen LogP contribution in [0.15, 0.2) is 28.8 Å². The summed E-state index contributed by atoms with van der Waals surface area (Å²) in [6, 6.07) is 1.79. The van der Waals surface area contributed by atoms with Gasteiger partial charge < -0.3 is 10.6 Å². The Balaban J connectivity index is 2.26. The first-order chi connectivity index (χ1) is 9.22. The summed E-state index contributed by atoms with van der Waals surface area (Å²) < 4.78 is 0. The van der Waals surface area contributed by atoms with Crippen LogP contribution in [0.1, 0.15) is 13.8 Å². The van der Waals surface area contributed by atoms with Crippen LogP contribution in [0.25, 0.3) is 0 Å². The van der Waals surface area contributed by atoms with Crippen LogP contribution in [0.2, 0.25) is 0 Å². The minimum absolute atomic E-state index is 0.216. The van der Waals surface area contributed by atoms with Crippen LogP contribution in [0, 0.1) is 0 Å². The molecule has 0 unspecified atom stereocenters. The molecule has 8 heteroatoms. The predicted molar refractivity (Wildman–Crippen MR) is 74.0 cm³/mol. The van der Waals surface area contributed by atoms with Gasteiger partial charge in [-0.05, 0) is 31.7 Å². The molecule has 0 saturated heterocycles. The van der Waals surface area contributed by atoms with Crippen molar-refractivity contribution in [2.24, 2.45) is 0 Å². The fraction of sp³-hybridized carbons (Fsp3) is 0.364. The van der Waals surface area contributed by atoms with Crippen molar-refractivity contribution in [3.8, 4) is 0 Å². The smallest absolute Gasteiger partial charge is 0.231 e. The fourth-order valence-corrected chi connectivity index (χ4v) is 2.17. The lowest BCUT2D eigenvalue weighted by Gasteiger charge is -2.18. The van der Waals surface area contributed by atoms with Gasteiger partial charge in [-0.3, -0.25) is 0 Å². The summed E-state index contributed by atoms with van der Waals surface area (Å²) in [6.07, 6.45) is 3.16. The molecule has 2 heterocycles. The predicted octanol–water partition coefficient (Wildman–Crippen LogP) is 1.24. The summed E-state index contributed by atoms with van der Waals surface area (Å²) >= 11 is 1.33. The third-order valence-corrected chi connectivity index (χ3v) is 3.23. The van der Waals surface area contributed by atoms with E-state index in [4.69, 9.17) is 5.73 Å². The molecule has 0 aliphatic carbocycles. The second kappa shape index (κ2) is 6.28. The zero-order valence-corrected chi connectivity index (χ0v) is 11.6. The minimum atomic E-state index is 0.216. The van der Waals surface area contributed by atoms with Crippen molar-refractivity contribution in [1.82, 2.24) is 24.9 Å². The van der Waals surface area contributed by atoms with Gasteiger partial charge in [0.1, 0.15) is 11.4 Å². The van der Waals surface area contributed by atoms with Crippen molar-refractivity contribution in [1.29, 1.82) is 0 Å². The third-order valence-electron chi connectivity index (χ3n) is 2.42. The molecule has 0 saturated carbocycles. The SMILES string of the molecule is CCN(CC)c1nc(N)nc(Sc2ccncn2)n1. The van der Waals surface area contributed by atoms with Gasteiger partial charge in [-0.25, -0.2) is 9.97 Å². The standard InChI is InChI=1S/C11H15N7S/c1-3-18(4-2)10-15-9(12)16-11(17-10)19-8-5-6-13-7-14-8/h5-7H,3-4H2,1-2H3,(H2,12,15,16,17). The lowest BCUT2D eigenvalue weighted by molar-refractivity contribution is 0.786. The van der Waals surface area contributed by atoms with Crippen LogP contribution in [-0.2, 0) is 0 Å². The molecule has 2 aromatic rings. The largest absolute Gasteiger partial charge is 0.368 e. The highest BCUT2D eigenvalue weighted by Gasteiger charge is 2.11. The summed E-state index contributed by atoms with van der Waals surface area (Å²) in [4.78, 5) is 22.7. The first-order valence-electron chi connectivity index (χ1n) is 5.93. The Morgan fingerprint density at radius 3 is 2.63 bits per heavy atom. The number of hydrogen-bond donors (Lipinski definition) is 1. The van der Waals surface area contributed by atoms with Crippen molar-refractivity contribution in [3.05, 3.63) is 18.6 Å². The maximum Gasteiger partial charge on any atom is 0.231 e. The van der Waals surface area contributed by atoms with Gasteiger partial charge in [0.15, 0.2) is 0 Å². The second-order valence-corrected chi connectivity index (χ2v) is 4.59. The molecule has 0 aromatic carbocycles. The first-order valence-corrected chi connectivity index (χ1v) is 6.75. The Kier molecular flexibility index (Phi) is 4.45. The molecule has 2 N–H and O–H groups in total. The lowest BCUT2D eigenvalue weighted by Crippen LogP contribution is -2.25. The third kappa shape index (κ3) is 3.50. The summed E-state index contributed by atoms with van der Waals surface area (Å²) in [6.45, 7) is 5.72. The fourth-order valence-electron chi connectivity index (χ4n) is 1.49. The number of nitrogens with two attached hydrogens (primary N) is 1. The molecule has 0 radical (unpaired) electrons. The maximum atomic E-state index is 5.73. The second-order valence-electron chi connectivity index (χ2n) is 3.60. The van der Waals surface area contributed by atoms with Crippen molar-refractivity contribution < 1.29 is 0 Å². The maximum absolute atomic E-state index is 5.73. The highest BCUT2D eigenvalue weighted by Crippen LogP contribution is 2.23. The van der Waals surface area contributed by atoms with E-state index in [1.165, 1.54) is 18.1 Å². The summed E-state index contributed by atoms with van der Waals surface area (Å²) in [5.41, 5.74) is 5.73. The highest BCUT2D eigenvalue weighted by atomic mass is 32.2. The zero-order chi connectivity index (χ0) is 13.7. The normalized spacial score (nSPS) is 10.4. The van der Waals surface area contributed by atoms with E-state index in [0.717, 1.165) is 18.1 Å². The average molecular weight is 277 g/mol. The van der Waals surface area contributed by atoms with Crippen LogP contribution < -0.4 is 10.6 Å². The quantitative estimate of drug-likeness (QED) is 0.816. The molecule has 0 aliphatic rings. The Labute approximate surface area is 115 Å². The number of anilines is 2. The van der Waals surface area contributed by atoms with Crippen LogP contribution in [-0.4, -0.2) is 38.0 Å². The van der Waals surface area contributed by atoms with E-state index >= 15 is 0 Å². The summed E-state index contributed by atoms with van der Waals surface area (Å²) in [7, 11) is 0. The van der Waals surface area contributed by atoms with Gasteiger partial charge >= 0.3 is 0 Å². The molecule has 100 valence electrons. The Bertz CT molecular complexity index is 530. The first kappa shape index (κ1) is 13.5. The van der Waals surface area contributed by atoms with Crippen molar-refractivity contribution in [3.63, 3.8) is 0 Å². The van der Waals surface area contributed by atoms with Gasteiger partial charge in [0.05, 0.1) is 0 Å². The molecule has 2 rings (SSSR count). The van der Waals surface area contributed by atoms with Gasteiger partial charge in [0.2, 0.25) is 17.1 Å². The monoisotopic (exact) mass is 277 g/mol. The van der Waals surface area contributed by atoms with E-state index in [0.29, 0.717) is 11.1 Å². The molecular weight excluding hydrogens is 262 g/mol. The van der Waals surface area contributed by atoms with Crippen LogP contribution in [0.5, 0.6) is 0 Å². The molecule has 2 aromatic heterocycles. The molecular formula is C11H15N7S. The number of hydrogen-bond acceptors (Lipinski definition) is 8. The zero-order valence-electron chi connectivity index (χ0n) is 10.8. The summed E-state index contributed by atoms with van der Waals surface area (Å²) in [5.74, 6) is 0.808. The number of aromatic nitrogens is 5.